The van der Waals surface area contributed by atoms with E-state index in [1.165, 1.54) is 0 Å². The van der Waals surface area contributed by atoms with E-state index < -0.39 is 0 Å². The largest absolute Gasteiger partial charge is 0.497 e. The molecule has 3 rings (SSSR count). The number of ether oxygens (including phenoxy) is 1. The zero-order valence-electron chi connectivity index (χ0n) is 15.3. The van der Waals surface area contributed by atoms with E-state index in [1.807, 2.05) is 24.3 Å². The average molecular weight is 355 g/mol. The Morgan fingerprint density at radius 1 is 1.12 bits per heavy atom. The van der Waals surface area contributed by atoms with Crippen molar-refractivity contribution in [1.29, 1.82) is 0 Å². The summed E-state index contributed by atoms with van der Waals surface area (Å²) in [4.78, 5) is 25.4. The van der Waals surface area contributed by atoms with Crippen LogP contribution in [0, 0.1) is 0 Å². The van der Waals surface area contributed by atoms with Gasteiger partial charge in [0.25, 0.3) is 5.91 Å². The molecule has 0 atom stereocenters. The van der Waals surface area contributed by atoms with E-state index in [1.54, 1.807) is 19.5 Å². The number of hydrogen-bond donors (Lipinski definition) is 1. The van der Waals surface area contributed by atoms with Gasteiger partial charge in [-0.2, -0.15) is 0 Å². The number of methoxy groups -OCH3 is 1. The van der Waals surface area contributed by atoms with Crippen LogP contribution in [0.3, 0.4) is 0 Å². The first-order chi connectivity index (χ1) is 12.7. The minimum atomic E-state index is -0.150. The van der Waals surface area contributed by atoms with Gasteiger partial charge in [0, 0.05) is 45.1 Å². The molecule has 1 aliphatic heterocycles. The summed E-state index contributed by atoms with van der Waals surface area (Å²) in [6, 6.07) is 7.84. The summed E-state index contributed by atoms with van der Waals surface area (Å²) in [5.41, 5.74) is 1.63. The van der Waals surface area contributed by atoms with E-state index >= 15 is 0 Å². The Morgan fingerprint density at radius 3 is 2.38 bits per heavy atom. The fraction of sp³-hybridized carbons (Fsp3) is 0.421. The van der Waals surface area contributed by atoms with E-state index in [0.717, 1.165) is 43.9 Å². The average Bonchev–Trinajstić information content (AvgIpc) is 2.69. The Hall–Kier alpha value is -2.67. The maximum Gasteiger partial charge on any atom is 0.254 e. The van der Waals surface area contributed by atoms with Crippen LogP contribution in [0.25, 0.3) is 0 Å². The molecule has 7 heteroatoms. The van der Waals surface area contributed by atoms with Crippen LogP contribution in [0.2, 0.25) is 0 Å². The van der Waals surface area contributed by atoms with E-state index in [9.17, 15) is 4.79 Å². The third-order valence-corrected chi connectivity index (χ3v) is 4.54. The normalized spacial score (nSPS) is 14.9. The monoisotopic (exact) mass is 355 g/mol. The number of anilines is 1. The third kappa shape index (κ3) is 4.70. The highest BCUT2D eigenvalue weighted by atomic mass is 16.5. The number of rotatable bonds is 6. The fourth-order valence-electron chi connectivity index (χ4n) is 2.82. The molecule has 0 saturated carbocycles. The summed E-state index contributed by atoms with van der Waals surface area (Å²) < 4.78 is 5.14. The van der Waals surface area contributed by atoms with Gasteiger partial charge in [0.2, 0.25) is 5.95 Å². The Bertz CT molecular complexity index is 710. The summed E-state index contributed by atoms with van der Waals surface area (Å²) in [5, 5.41) is 2.91. The lowest BCUT2D eigenvalue weighted by Gasteiger charge is -2.32. The lowest BCUT2D eigenvalue weighted by atomic mass is 10.1. The van der Waals surface area contributed by atoms with Crippen molar-refractivity contribution in [3.05, 3.63) is 47.8 Å². The second-order valence-electron chi connectivity index (χ2n) is 6.42. The van der Waals surface area contributed by atoms with Crippen molar-refractivity contribution in [3.8, 4) is 5.75 Å². The number of nitrogens with zero attached hydrogens (tertiary/aromatic N) is 4. The maximum atomic E-state index is 12.2. The molecule has 1 aromatic heterocycles. The number of carbonyl (C=O) groups is 1. The number of hydrogen-bond acceptors (Lipinski definition) is 6. The molecule has 0 bridgehead atoms. The number of carbonyl (C=O) groups excluding carboxylic acids is 1. The number of amides is 1. The molecule has 1 fully saturated rings. The summed E-state index contributed by atoms with van der Waals surface area (Å²) in [7, 11) is 3.75. The summed E-state index contributed by atoms with van der Waals surface area (Å²) in [6.07, 6.45) is 3.96. The Morgan fingerprint density at radius 2 is 1.77 bits per heavy atom. The minimum Gasteiger partial charge on any atom is -0.497 e. The molecule has 1 amide bonds. The minimum absolute atomic E-state index is 0.150. The predicted octanol–water partition coefficient (Wildman–Crippen LogP) is 1.21. The first kappa shape index (κ1) is 18.1. The Kier molecular flexibility index (Phi) is 6.01. The van der Waals surface area contributed by atoms with E-state index in [4.69, 9.17) is 4.74 Å². The van der Waals surface area contributed by atoms with Gasteiger partial charge in [-0.3, -0.25) is 4.79 Å². The van der Waals surface area contributed by atoms with Crippen molar-refractivity contribution in [2.75, 3.05) is 51.8 Å². The molecule has 0 aliphatic carbocycles. The third-order valence-electron chi connectivity index (χ3n) is 4.54. The SMILES string of the molecule is COc1ccc(CCNC(=O)c2cnc(N3CCN(C)CC3)nc2)cc1. The molecule has 138 valence electrons. The molecule has 26 heavy (non-hydrogen) atoms. The first-order valence-corrected chi connectivity index (χ1v) is 8.82. The van der Waals surface area contributed by atoms with Gasteiger partial charge in [0.05, 0.1) is 12.7 Å². The lowest BCUT2D eigenvalue weighted by Crippen LogP contribution is -2.45. The zero-order chi connectivity index (χ0) is 18.4. The van der Waals surface area contributed by atoms with Gasteiger partial charge >= 0.3 is 0 Å². The molecule has 0 spiro atoms. The summed E-state index contributed by atoms with van der Waals surface area (Å²) in [5.74, 6) is 1.37. The first-order valence-electron chi connectivity index (χ1n) is 8.82. The Balaban J connectivity index is 1.48. The highest BCUT2D eigenvalue weighted by molar-refractivity contribution is 5.93. The topological polar surface area (TPSA) is 70.6 Å². The zero-order valence-corrected chi connectivity index (χ0v) is 15.3. The van der Waals surface area contributed by atoms with Crippen molar-refractivity contribution in [1.82, 2.24) is 20.2 Å². The summed E-state index contributed by atoms with van der Waals surface area (Å²) >= 11 is 0. The standard InChI is InChI=1S/C19H25N5O2/c1-23-9-11-24(12-10-23)19-21-13-16(14-22-19)18(25)20-8-7-15-3-5-17(26-2)6-4-15/h3-6,13-14H,7-12H2,1-2H3,(H,20,25). The van der Waals surface area contributed by atoms with Crippen LogP contribution >= 0.6 is 0 Å². The molecule has 0 unspecified atom stereocenters. The second kappa shape index (κ2) is 8.62. The smallest absolute Gasteiger partial charge is 0.254 e. The van der Waals surface area contributed by atoms with Crippen molar-refractivity contribution in [3.63, 3.8) is 0 Å². The molecule has 0 radical (unpaired) electrons. The van der Waals surface area contributed by atoms with Crippen LogP contribution in [0.15, 0.2) is 36.7 Å². The number of likely N-dealkylation sites (N-methyl/N-ethyl adjacent to an activating group) is 1. The van der Waals surface area contributed by atoms with Gasteiger partial charge in [0.1, 0.15) is 5.75 Å². The molecule has 2 heterocycles. The van der Waals surface area contributed by atoms with Crippen molar-refractivity contribution < 1.29 is 9.53 Å². The molecule has 2 aromatic rings. The molecule has 1 saturated heterocycles. The molecular formula is C19H25N5O2. The van der Waals surface area contributed by atoms with Crippen LogP contribution in [-0.2, 0) is 6.42 Å². The molecule has 1 N–H and O–H groups in total. The van der Waals surface area contributed by atoms with Crippen LogP contribution in [0.5, 0.6) is 5.75 Å². The molecule has 1 aliphatic rings. The predicted molar refractivity (Wildman–Crippen MR) is 101 cm³/mol. The van der Waals surface area contributed by atoms with Gasteiger partial charge < -0.3 is 19.9 Å². The maximum absolute atomic E-state index is 12.2. The second-order valence-corrected chi connectivity index (χ2v) is 6.42. The van der Waals surface area contributed by atoms with Gasteiger partial charge in [-0.25, -0.2) is 9.97 Å². The fourth-order valence-corrected chi connectivity index (χ4v) is 2.82. The van der Waals surface area contributed by atoms with Gasteiger partial charge in [-0.1, -0.05) is 12.1 Å². The van der Waals surface area contributed by atoms with E-state index in [0.29, 0.717) is 18.1 Å². The number of benzene rings is 1. The van der Waals surface area contributed by atoms with Crippen LogP contribution in [-0.4, -0.2) is 67.7 Å². The van der Waals surface area contributed by atoms with Crippen molar-refractivity contribution in [2.24, 2.45) is 0 Å². The number of piperazine rings is 1. The van der Waals surface area contributed by atoms with Crippen LogP contribution < -0.4 is 15.0 Å². The summed E-state index contributed by atoms with van der Waals surface area (Å²) in [6.45, 7) is 4.37. The molecule has 1 aromatic carbocycles. The van der Waals surface area contributed by atoms with Crippen LogP contribution in [0.1, 0.15) is 15.9 Å². The van der Waals surface area contributed by atoms with Crippen molar-refractivity contribution >= 4 is 11.9 Å². The molecular weight excluding hydrogens is 330 g/mol. The van der Waals surface area contributed by atoms with E-state index in [2.05, 4.69) is 32.1 Å². The highest BCUT2D eigenvalue weighted by Gasteiger charge is 2.16. The highest BCUT2D eigenvalue weighted by Crippen LogP contribution is 2.12. The van der Waals surface area contributed by atoms with Gasteiger partial charge in [-0.15, -0.1) is 0 Å². The van der Waals surface area contributed by atoms with Gasteiger partial charge in [0.15, 0.2) is 0 Å². The Labute approximate surface area is 154 Å². The molecule has 7 nitrogen and oxygen atoms in total. The van der Waals surface area contributed by atoms with Crippen LogP contribution in [0.4, 0.5) is 5.95 Å². The number of aromatic nitrogens is 2. The van der Waals surface area contributed by atoms with Gasteiger partial charge in [-0.05, 0) is 31.2 Å². The van der Waals surface area contributed by atoms with E-state index in [-0.39, 0.29) is 5.91 Å². The van der Waals surface area contributed by atoms with Crippen molar-refractivity contribution in [2.45, 2.75) is 6.42 Å². The lowest BCUT2D eigenvalue weighted by molar-refractivity contribution is 0.0953. The number of nitrogens with one attached hydrogen (secondary N) is 1. The quantitative estimate of drug-likeness (QED) is 0.840.